The van der Waals surface area contributed by atoms with E-state index >= 15 is 0 Å². The number of ether oxygens (including phenoxy) is 1. The largest absolute Gasteiger partial charge is 0.451 e. The number of fused-ring (bicyclic) bond motifs is 1. The van der Waals surface area contributed by atoms with Gasteiger partial charge in [0.1, 0.15) is 5.82 Å². The fourth-order valence-corrected chi connectivity index (χ4v) is 5.32. The van der Waals surface area contributed by atoms with E-state index in [-0.39, 0.29) is 17.1 Å². The molecule has 4 heterocycles. The van der Waals surface area contributed by atoms with E-state index in [2.05, 4.69) is 20.2 Å². The standard InChI is InChI=1S/C27H30ClF3N6O3/c1-26(39)6-8-37(9-7-26)22-5-2-18-20(35-22)4-3-19(28)23(18)24(38)32-16-21(36-10-12-40-13-11-36)17-14-33-25(34-15-17)27(29,30)31/h2-5,14-15,21,39H,6-13,16H2,1H3,(H,32,38). The molecule has 9 nitrogen and oxygen atoms in total. The van der Waals surface area contributed by atoms with Crippen LogP contribution in [-0.4, -0.2) is 82.4 Å². The molecule has 1 unspecified atom stereocenters. The lowest BCUT2D eigenvalue weighted by Gasteiger charge is -2.36. The summed E-state index contributed by atoms with van der Waals surface area (Å²) in [5, 5.41) is 14.0. The Labute approximate surface area is 234 Å². The zero-order valence-corrected chi connectivity index (χ0v) is 22.7. The highest BCUT2D eigenvalue weighted by atomic mass is 35.5. The molecular formula is C27H30ClF3N6O3. The van der Waals surface area contributed by atoms with Gasteiger partial charge >= 0.3 is 6.18 Å². The van der Waals surface area contributed by atoms with Crippen molar-refractivity contribution in [2.45, 2.75) is 37.6 Å². The number of halogens is 4. The molecule has 2 fully saturated rings. The monoisotopic (exact) mass is 578 g/mol. The first-order chi connectivity index (χ1) is 19.0. The van der Waals surface area contributed by atoms with E-state index in [1.807, 2.05) is 24.0 Å². The number of alkyl halides is 3. The first-order valence-electron chi connectivity index (χ1n) is 13.1. The summed E-state index contributed by atoms with van der Waals surface area (Å²) in [5.74, 6) is -0.887. The van der Waals surface area contributed by atoms with Crippen molar-refractivity contribution in [3.63, 3.8) is 0 Å². The van der Waals surface area contributed by atoms with Gasteiger partial charge in [0.25, 0.3) is 5.91 Å². The SMILES string of the molecule is CC1(O)CCN(c2ccc3c(C(=O)NCC(c4cnc(C(F)(F)F)nc4)N4CCOCC4)c(Cl)ccc3n2)CC1. The molecular weight excluding hydrogens is 549 g/mol. The molecule has 0 bridgehead atoms. The number of carbonyl (C=O) groups is 1. The zero-order chi connectivity index (χ0) is 28.5. The van der Waals surface area contributed by atoms with E-state index in [0.29, 0.717) is 68.7 Å². The van der Waals surface area contributed by atoms with Crippen molar-refractivity contribution in [1.29, 1.82) is 0 Å². The molecule has 2 saturated heterocycles. The van der Waals surface area contributed by atoms with Gasteiger partial charge < -0.3 is 20.1 Å². The molecule has 214 valence electrons. The summed E-state index contributed by atoms with van der Waals surface area (Å²) in [6, 6.07) is 6.57. The van der Waals surface area contributed by atoms with Crippen LogP contribution in [0.25, 0.3) is 10.9 Å². The minimum atomic E-state index is -4.65. The molecule has 1 atom stereocenters. The highest BCUT2D eigenvalue weighted by Crippen LogP contribution is 2.31. The molecule has 1 aromatic carbocycles. The molecule has 0 radical (unpaired) electrons. The van der Waals surface area contributed by atoms with Gasteiger partial charge in [-0.1, -0.05) is 11.6 Å². The van der Waals surface area contributed by atoms with Crippen molar-refractivity contribution in [2.75, 3.05) is 50.8 Å². The molecule has 5 rings (SSSR count). The number of anilines is 1. The smallest absolute Gasteiger partial charge is 0.390 e. The summed E-state index contributed by atoms with van der Waals surface area (Å²) >= 11 is 6.48. The lowest BCUT2D eigenvalue weighted by Crippen LogP contribution is -2.44. The van der Waals surface area contributed by atoms with Gasteiger partial charge in [-0.3, -0.25) is 9.69 Å². The number of amides is 1. The van der Waals surface area contributed by atoms with Crippen molar-refractivity contribution in [1.82, 2.24) is 25.2 Å². The third kappa shape index (κ3) is 6.30. The molecule has 2 aromatic heterocycles. The van der Waals surface area contributed by atoms with Gasteiger partial charge in [0.2, 0.25) is 5.82 Å². The van der Waals surface area contributed by atoms with Crippen LogP contribution in [0.2, 0.25) is 5.02 Å². The van der Waals surface area contributed by atoms with Gasteiger partial charge in [0.05, 0.1) is 41.0 Å². The van der Waals surface area contributed by atoms with Crippen LogP contribution in [0.5, 0.6) is 0 Å². The van der Waals surface area contributed by atoms with Crippen LogP contribution >= 0.6 is 11.6 Å². The van der Waals surface area contributed by atoms with Crippen molar-refractivity contribution in [3.05, 3.63) is 58.6 Å². The Bertz CT molecular complexity index is 1360. The molecule has 0 aliphatic carbocycles. The second kappa shape index (κ2) is 11.4. The summed E-state index contributed by atoms with van der Waals surface area (Å²) in [6.07, 6.45) is -1.07. The highest BCUT2D eigenvalue weighted by molar-refractivity contribution is 6.35. The van der Waals surface area contributed by atoms with E-state index in [0.717, 1.165) is 18.2 Å². The number of morpholine rings is 1. The van der Waals surface area contributed by atoms with Crippen LogP contribution in [0.3, 0.4) is 0 Å². The normalized spacial score (nSPS) is 19.0. The predicted molar refractivity (Wildman–Crippen MR) is 143 cm³/mol. The van der Waals surface area contributed by atoms with Crippen molar-refractivity contribution in [3.8, 4) is 0 Å². The summed E-state index contributed by atoms with van der Waals surface area (Å²) in [7, 11) is 0. The minimum Gasteiger partial charge on any atom is -0.390 e. The fraction of sp³-hybridized carbons (Fsp3) is 0.481. The van der Waals surface area contributed by atoms with Crippen LogP contribution in [-0.2, 0) is 10.9 Å². The fourth-order valence-electron chi connectivity index (χ4n) is 5.07. The van der Waals surface area contributed by atoms with Crippen LogP contribution in [0, 0.1) is 0 Å². The van der Waals surface area contributed by atoms with E-state index in [4.69, 9.17) is 21.3 Å². The number of nitrogens with one attached hydrogen (secondary N) is 1. The minimum absolute atomic E-state index is 0.0967. The first kappa shape index (κ1) is 28.5. The Balaban J connectivity index is 1.36. The van der Waals surface area contributed by atoms with Crippen molar-refractivity contribution >= 4 is 34.2 Å². The average molecular weight is 579 g/mol. The van der Waals surface area contributed by atoms with Crippen LogP contribution < -0.4 is 10.2 Å². The number of hydrogen-bond acceptors (Lipinski definition) is 8. The number of nitrogens with zero attached hydrogens (tertiary/aromatic N) is 5. The Morgan fingerprint density at radius 2 is 1.80 bits per heavy atom. The Kier molecular flexibility index (Phi) is 8.14. The Morgan fingerprint density at radius 3 is 2.45 bits per heavy atom. The maximum Gasteiger partial charge on any atom is 0.451 e. The lowest BCUT2D eigenvalue weighted by molar-refractivity contribution is -0.145. The van der Waals surface area contributed by atoms with Crippen LogP contribution in [0.1, 0.15) is 47.6 Å². The van der Waals surface area contributed by atoms with Gasteiger partial charge in [0.15, 0.2) is 0 Å². The number of hydrogen-bond donors (Lipinski definition) is 2. The molecule has 13 heteroatoms. The van der Waals surface area contributed by atoms with Gasteiger partial charge in [-0.2, -0.15) is 13.2 Å². The van der Waals surface area contributed by atoms with E-state index in [9.17, 15) is 23.1 Å². The summed E-state index contributed by atoms with van der Waals surface area (Å²) in [6.45, 7) is 5.27. The first-order valence-corrected chi connectivity index (χ1v) is 13.5. The van der Waals surface area contributed by atoms with Gasteiger partial charge in [-0.05, 0) is 44.0 Å². The molecule has 2 aliphatic rings. The molecule has 2 aliphatic heterocycles. The quantitative estimate of drug-likeness (QED) is 0.455. The highest BCUT2D eigenvalue weighted by Gasteiger charge is 2.35. The number of pyridine rings is 1. The predicted octanol–water partition coefficient (Wildman–Crippen LogP) is 3.85. The van der Waals surface area contributed by atoms with Crippen molar-refractivity contribution < 1.29 is 27.8 Å². The van der Waals surface area contributed by atoms with E-state index in [1.54, 1.807) is 12.1 Å². The number of aromatic nitrogens is 3. The zero-order valence-electron chi connectivity index (χ0n) is 21.9. The molecule has 2 N–H and O–H groups in total. The Morgan fingerprint density at radius 1 is 1.12 bits per heavy atom. The van der Waals surface area contributed by atoms with E-state index in [1.165, 1.54) is 0 Å². The topological polar surface area (TPSA) is 104 Å². The lowest BCUT2D eigenvalue weighted by atomic mass is 9.94. The van der Waals surface area contributed by atoms with Crippen molar-refractivity contribution in [2.24, 2.45) is 0 Å². The third-order valence-corrected chi connectivity index (χ3v) is 7.76. The average Bonchev–Trinajstić information content (AvgIpc) is 2.93. The van der Waals surface area contributed by atoms with Crippen LogP contribution in [0.15, 0.2) is 36.7 Å². The van der Waals surface area contributed by atoms with E-state index < -0.39 is 29.6 Å². The summed E-state index contributed by atoms with van der Waals surface area (Å²) < 4.78 is 44.4. The number of aliphatic hydroxyl groups is 1. The van der Waals surface area contributed by atoms with Gasteiger partial charge in [0, 0.05) is 56.1 Å². The molecule has 40 heavy (non-hydrogen) atoms. The number of piperidine rings is 1. The van der Waals surface area contributed by atoms with Gasteiger partial charge in [-0.15, -0.1) is 0 Å². The summed E-state index contributed by atoms with van der Waals surface area (Å²) in [5.41, 5.74) is 0.637. The second-order valence-corrected chi connectivity index (χ2v) is 10.8. The number of rotatable bonds is 6. The maximum absolute atomic E-state index is 13.5. The molecule has 1 amide bonds. The second-order valence-electron chi connectivity index (χ2n) is 10.4. The third-order valence-electron chi connectivity index (χ3n) is 7.45. The summed E-state index contributed by atoms with van der Waals surface area (Å²) in [4.78, 5) is 29.3. The molecule has 0 spiro atoms. The van der Waals surface area contributed by atoms with Crippen LogP contribution in [0.4, 0.5) is 19.0 Å². The molecule has 3 aromatic rings. The number of carbonyl (C=O) groups excluding carboxylic acids is 1. The number of benzene rings is 1. The molecule has 0 saturated carbocycles. The van der Waals surface area contributed by atoms with Gasteiger partial charge in [-0.25, -0.2) is 15.0 Å². The Hall–Kier alpha value is -3.06. The maximum atomic E-state index is 13.5.